The molecule has 1 aliphatic heterocycles. The fraction of sp³-hybridized carbons (Fsp3) is 0.462. The van der Waals surface area contributed by atoms with Crippen molar-refractivity contribution in [2.45, 2.75) is 44.2 Å². The van der Waals surface area contributed by atoms with Crippen LogP contribution >= 0.6 is 24.2 Å². The zero-order chi connectivity index (χ0) is 24.2. The molecule has 0 amide bonds. The van der Waals surface area contributed by atoms with E-state index >= 15 is 0 Å². The Hall–Kier alpha value is -2.62. The highest BCUT2D eigenvalue weighted by atomic mass is 35.5. The predicted molar refractivity (Wildman–Crippen MR) is 141 cm³/mol. The highest BCUT2D eigenvalue weighted by Crippen LogP contribution is 2.59. The molecule has 6 rings (SSSR count). The summed E-state index contributed by atoms with van der Waals surface area (Å²) in [5, 5.41) is 13.7. The lowest BCUT2D eigenvalue weighted by Gasteiger charge is -2.21. The lowest BCUT2D eigenvalue weighted by molar-refractivity contribution is 0.299. The minimum Gasteiger partial charge on any atom is -0.440 e. The van der Waals surface area contributed by atoms with Gasteiger partial charge in [0.1, 0.15) is 5.76 Å². The number of likely N-dealkylation sites (tertiary alicyclic amines) is 1. The highest BCUT2D eigenvalue weighted by Gasteiger charge is 2.60. The van der Waals surface area contributed by atoms with Crippen molar-refractivity contribution < 1.29 is 8.94 Å². The van der Waals surface area contributed by atoms with Crippen molar-refractivity contribution >= 4 is 24.2 Å². The van der Waals surface area contributed by atoms with Gasteiger partial charge < -0.3 is 18.4 Å². The van der Waals surface area contributed by atoms with Gasteiger partial charge in [-0.1, -0.05) is 41.2 Å². The van der Waals surface area contributed by atoms with E-state index in [-0.39, 0.29) is 12.4 Å². The summed E-state index contributed by atoms with van der Waals surface area (Å²) in [4.78, 5) is 6.79. The van der Waals surface area contributed by atoms with Gasteiger partial charge in [0.2, 0.25) is 5.82 Å². The minimum absolute atomic E-state index is 0. The van der Waals surface area contributed by atoms with Crippen LogP contribution in [0.2, 0.25) is 0 Å². The second-order valence-electron chi connectivity index (χ2n) is 9.90. The molecule has 190 valence electrons. The molecule has 1 unspecified atom stereocenters. The Morgan fingerprint density at radius 1 is 1.11 bits per heavy atom. The first-order chi connectivity index (χ1) is 17.0. The van der Waals surface area contributed by atoms with Crippen molar-refractivity contribution in [1.82, 2.24) is 29.8 Å². The number of halogens is 1. The molecule has 1 saturated carbocycles. The molecule has 10 heteroatoms. The van der Waals surface area contributed by atoms with Crippen molar-refractivity contribution in [2.75, 3.05) is 25.4 Å². The molecule has 1 aromatic carbocycles. The molecule has 2 atom stereocenters. The van der Waals surface area contributed by atoms with E-state index in [9.17, 15) is 0 Å². The summed E-state index contributed by atoms with van der Waals surface area (Å²) >= 11 is 1.75. The molecule has 8 nitrogen and oxygen atoms in total. The molecule has 0 spiro atoms. The molecule has 0 bridgehead atoms. The first kappa shape index (κ1) is 25.0. The molecule has 2 fully saturated rings. The van der Waals surface area contributed by atoms with Gasteiger partial charge in [0.05, 0.1) is 11.4 Å². The molecule has 4 aromatic rings. The van der Waals surface area contributed by atoms with Gasteiger partial charge in [-0.3, -0.25) is 0 Å². The summed E-state index contributed by atoms with van der Waals surface area (Å²) < 4.78 is 12.8. The standard InChI is InChI=1S/C26H30N6O2S.ClH/c1-16-22(18(3)34-30-16)19-6-8-20(9-7-19)26-12-21(26)13-32(14-26)10-5-11-35-25-29-28-24(31(25)4)23-17(2)27-15-33-23;/h6-9,15,21H,5,10-14H2,1-4H3;1H/t21-,26?;/m1./s1. The maximum atomic E-state index is 5.48. The van der Waals surface area contributed by atoms with Gasteiger partial charge in [0.25, 0.3) is 0 Å². The lowest BCUT2D eigenvalue weighted by Crippen LogP contribution is -2.27. The Labute approximate surface area is 221 Å². The molecule has 36 heavy (non-hydrogen) atoms. The second kappa shape index (κ2) is 9.68. The fourth-order valence-corrected chi connectivity index (χ4v) is 6.51. The van der Waals surface area contributed by atoms with E-state index < -0.39 is 0 Å². The number of oxazole rings is 1. The first-order valence-corrected chi connectivity index (χ1v) is 13.1. The van der Waals surface area contributed by atoms with Gasteiger partial charge in [-0.05, 0) is 57.2 Å². The summed E-state index contributed by atoms with van der Waals surface area (Å²) in [6, 6.07) is 9.12. The van der Waals surface area contributed by atoms with Crippen LogP contribution in [0, 0.1) is 26.7 Å². The monoisotopic (exact) mass is 526 g/mol. The van der Waals surface area contributed by atoms with Crippen LogP contribution in [-0.4, -0.2) is 55.2 Å². The van der Waals surface area contributed by atoms with Gasteiger partial charge >= 0.3 is 0 Å². The maximum Gasteiger partial charge on any atom is 0.202 e. The third kappa shape index (κ3) is 4.27. The average molecular weight is 527 g/mol. The topological polar surface area (TPSA) is 86.0 Å². The molecule has 0 radical (unpaired) electrons. The number of aryl methyl sites for hydroxylation is 3. The number of thioether (sulfide) groups is 1. The van der Waals surface area contributed by atoms with Gasteiger partial charge in [-0.15, -0.1) is 22.6 Å². The van der Waals surface area contributed by atoms with Crippen LogP contribution < -0.4 is 0 Å². The number of piperidine rings is 1. The Kier molecular flexibility index (Phi) is 6.74. The van der Waals surface area contributed by atoms with Crippen LogP contribution in [0.15, 0.2) is 44.8 Å². The highest BCUT2D eigenvalue weighted by molar-refractivity contribution is 7.99. The van der Waals surface area contributed by atoms with Crippen LogP contribution in [0.1, 0.15) is 35.6 Å². The van der Waals surface area contributed by atoms with E-state index in [1.54, 1.807) is 11.8 Å². The van der Waals surface area contributed by atoms with Crippen LogP contribution in [0.3, 0.4) is 0 Å². The van der Waals surface area contributed by atoms with E-state index in [1.165, 1.54) is 30.5 Å². The number of fused-ring (bicyclic) bond motifs is 1. The SMILES string of the molecule is Cc1ncoc1-c1nnc(SCCCN2C[C@H]3CC3(c3ccc(-c4c(C)noc4C)cc3)C2)n1C.Cl. The number of hydrogen-bond acceptors (Lipinski definition) is 8. The molecular weight excluding hydrogens is 496 g/mol. The zero-order valence-corrected chi connectivity index (χ0v) is 22.7. The lowest BCUT2D eigenvalue weighted by atomic mass is 9.92. The summed E-state index contributed by atoms with van der Waals surface area (Å²) in [6.07, 6.45) is 3.89. The normalized spacial score (nSPS) is 20.9. The third-order valence-electron chi connectivity index (χ3n) is 7.63. The second-order valence-corrected chi connectivity index (χ2v) is 11.0. The Balaban J connectivity index is 0.00000267. The molecule has 4 heterocycles. The number of hydrogen-bond donors (Lipinski definition) is 0. The Morgan fingerprint density at radius 3 is 2.61 bits per heavy atom. The van der Waals surface area contributed by atoms with Crippen LogP contribution in [-0.2, 0) is 12.5 Å². The van der Waals surface area contributed by atoms with Gasteiger partial charge in [0.15, 0.2) is 17.3 Å². The van der Waals surface area contributed by atoms with Crippen LogP contribution in [0.25, 0.3) is 22.7 Å². The quantitative estimate of drug-likeness (QED) is 0.228. The maximum absolute atomic E-state index is 5.48. The Morgan fingerprint density at radius 2 is 1.92 bits per heavy atom. The zero-order valence-electron chi connectivity index (χ0n) is 21.0. The number of aromatic nitrogens is 5. The molecule has 3 aromatic heterocycles. The third-order valence-corrected chi connectivity index (χ3v) is 8.74. The van der Waals surface area contributed by atoms with E-state index in [2.05, 4.69) is 49.5 Å². The van der Waals surface area contributed by atoms with E-state index in [1.807, 2.05) is 32.4 Å². The molecular formula is C26H31ClN6O2S. The molecule has 2 aliphatic rings. The first-order valence-electron chi connectivity index (χ1n) is 12.1. The van der Waals surface area contributed by atoms with Gasteiger partial charge in [0, 0.05) is 36.9 Å². The number of rotatable bonds is 8. The summed E-state index contributed by atoms with van der Waals surface area (Å²) in [5.74, 6) is 4.10. The van der Waals surface area contributed by atoms with E-state index in [4.69, 9.17) is 8.94 Å². The average Bonchev–Trinajstić information content (AvgIpc) is 3.26. The minimum atomic E-state index is 0. The smallest absolute Gasteiger partial charge is 0.202 e. The van der Waals surface area contributed by atoms with Crippen LogP contribution in [0.4, 0.5) is 0 Å². The van der Waals surface area contributed by atoms with Crippen molar-refractivity contribution in [2.24, 2.45) is 13.0 Å². The molecule has 0 N–H and O–H groups in total. The summed E-state index contributed by atoms with van der Waals surface area (Å²) in [6.45, 7) is 9.38. The van der Waals surface area contributed by atoms with E-state index in [0.29, 0.717) is 11.2 Å². The van der Waals surface area contributed by atoms with Gasteiger partial charge in [-0.25, -0.2) is 4.98 Å². The number of nitrogens with zero attached hydrogens (tertiary/aromatic N) is 6. The Bertz CT molecular complexity index is 1340. The van der Waals surface area contributed by atoms with Crippen molar-refractivity contribution in [1.29, 1.82) is 0 Å². The van der Waals surface area contributed by atoms with E-state index in [0.717, 1.165) is 64.9 Å². The van der Waals surface area contributed by atoms with Gasteiger partial charge in [-0.2, -0.15) is 0 Å². The van der Waals surface area contributed by atoms with Crippen LogP contribution in [0.5, 0.6) is 0 Å². The van der Waals surface area contributed by atoms with Crippen molar-refractivity contribution in [3.05, 3.63) is 53.4 Å². The molecule has 1 aliphatic carbocycles. The van der Waals surface area contributed by atoms with Crippen molar-refractivity contribution in [3.63, 3.8) is 0 Å². The molecule has 1 saturated heterocycles. The fourth-order valence-electron chi connectivity index (χ4n) is 5.67. The summed E-state index contributed by atoms with van der Waals surface area (Å²) in [7, 11) is 1.98. The summed E-state index contributed by atoms with van der Waals surface area (Å²) in [5.41, 5.74) is 5.92. The van der Waals surface area contributed by atoms with Crippen molar-refractivity contribution in [3.8, 4) is 22.7 Å². The largest absolute Gasteiger partial charge is 0.440 e. The predicted octanol–water partition coefficient (Wildman–Crippen LogP) is 5.23. The number of benzene rings is 1.